The zero-order valence-electron chi connectivity index (χ0n) is 10.3. The van der Waals surface area contributed by atoms with Crippen LogP contribution in [0.2, 0.25) is 0 Å². The molecule has 0 saturated heterocycles. The molecular formula is C14H11FNO3-. The maximum Gasteiger partial charge on any atom is 0.198 e. The summed E-state index contributed by atoms with van der Waals surface area (Å²) in [4.78, 5) is 23.1. The van der Waals surface area contributed by atoms with Crippen LogP contribution in [0.15, 0.2) is 23.1 Å². The van der Waals surface area contributed by atoms with Crippen LogP contribution in [0, 0.1) is 5.82 Å². The van der Waals surface area contributed by atoms with Crippen LogP contribution in [-0.4, -0.2) is 10.5 Å². The summed E-state index contributed by atoms with van der Waals surface area (Å²) in [6, 6.07) is 2.57. The highest BCUT2D eigenvalue weighted by molar-refractivity contribution is 5.92. The summed E-state index contributed by atoms with van der Waals surface area (Å²) >= 11 is 0. The number of aryl methyl sites for hydroxylation is 1. The molecule has 0 spiro atoms. The highest BCUT2D eigenvalue weighted by Gasteiger charge is 2.21. The maximum absolute atomic E-state index is 13.5. The molecule has 0 N–H and O–H groups in total. The number of pyridine rings is 1. The van der Waals surface area contributed by atoms with Crippen LogP contribution in [0.25, 0.3) is 10.9 Å². The van der Waals surface area contributed by atoms with E-state index in [9.17, 15) is 19.1 Å². The first kappa shape index (κ1) is 11.9. The second-order valence-electron chi connectivity index (χ2n) is 4.92. The van der Waals surface area contributed by atoms with Crippen LogP contribution < -0.4 is 10.5 Å². The monoisotopic (exact) mass is 260 g/mol. The fourth-order valence-electron chi connectivity index (χ4n) is 2.73. The Morgan fingerprint density at radius 3 is 2.89 bits per heavy atom. The van der Waals surface area contributed by atoms with Crippen LogP contribution in [0.1, 0.15) is 35.3 Å². The SMILES string of the molecule is C[C@H]1CCc2cc(F)cc3c(=O)c(C(=O)[O-])cn1c23. The molecule has 0 saturated carbocycles. The summed E-state index contributed by atoms with van der Waals surface area (Å²) in [5.41, 5.74) is 0.282. The van der Waals surface area contributed by atoms with Gasteiger partial charge in [-0.25, -0.2) is 4.39 Å². The minimum Gasteiger partial charge on any atom is -0.545 e. The third kappa shape index (κ3) is 1.65. The van der Waals surface area contributed by atoms with Crippen molar-refractivity contribution in [2.45, 2.75) is 25.8 Å². The van der Waals surface area contributed by atoms with Gasteiger partial charge in [-0.15, -0.1) is 0 Å². The molecule has 0 amide bonds. The van der Waals surface area contributed by atoms with Gasteiger partial charge in [0.1, 0.15) is 5.82 Å². The molecule has 0 bridgehead atoms. The number of rotatable bonds is 1. The summed E-state index contributed by atoms with van der Waals surface area (Å²) < 4.78 is 15.3. The first-order valence-electron chi connectivity index (χ1n) is 6.07. The van der Waals surface area contributed by atoms with Crippen LogP contribution in [0.4, 0.5) is 4.39 Å². The Hall–Kier alpha value is -2.17. The van der Waals surface area contributed by atoms with E-state index >= 15 is 0 Å². The summed E-state index contributed by atoms with van der Waals surface area (Å²) in [5.74, 6) is -2.05. The number of aromatic carboxylic acids is 1. The van der Waals surface area contributed by atoms with Crippen molar-refractivity contribution in [1.82, 2.24) is 4.57 Å². The summed E-state index contributed by atoms with van der Waals surface area (Å²) in [6.45, 7) is 1.94. The van der Waals surface area contributed by atoms with Gasteiger partial charge in [-0.05, 0) is 37.5 Å². The number of halogens is 1. The Labute approximate surface area is 108 Å². The third-order valence-corrected chi connectivity index (χ3v) is 3.70. The number of nitrogens with zero attached hydrogens (tertiary/aromatic N) is 1. The van der Waals surface area contributed by atoms with E-state index in [0.29, 0.717) is 11.9 Å². The molecule has 19 heavy (non-hydrogen) atoms. The maximum atomic E-state index is 13.5. The number of hydrogen-bond acceptors (Lipinski definition) is 3. The topological polar surface area (TPSA) is 62.1 Å². The molecule has 1 atom stereocenters. The molecule has 1 aromatic carbocycles. The lowest BCUT2D eigenvalue weighted by atomic mass is 9.96. The lowest BCUT2D eigenvalue weighted by Crippen LogP contribution is -2.31. The predicted molar refractivity (Wildman–Crippen MR) is 65.5 cm³/mol. The normalized spacial score (nSPS) is 17.7. The largest absolute Gasteiger partial charge is 0.545 e. The minimum absolute atomic E-state index is 0.0687. The van der Waals surface area contributed by atoms with Crippen molar-refractivity contribution in [3.63, 3.8) is 0 Å². The smallest absolute Gasteiger partial charge is 0.198 e. The van der Waals surface area contributed by atoms with Gasteiger partial charge in [0.25, 0.3) is 0 Å². The standard InChI is InChI=1S/C14H12FNO3/c1-7-2-3-8-4-9(15)5-10-12(8)16(7)6-11(13(10)17)14(18)19/h4-7H,2-3H2,1H3,(H,18,19)/p-1/t7-/m0/s1. The molecule has 1 aliphatic heterocycles. The van der Waals surface area contributed by atoms with E-state index in [-0.39, 0.29) is 11.4 Å². The van der Waals surface area contributed by atoms with E-state index in [4.69, 9.17) is 0 Å². The second-order valence-corrected chi connectivity index (χ2v) is 4.92. The molecular weight excluding hydrogens is 249 g/mol. The summed E-state index contributed by atoms with van der Waals surface area (Å²) in [6.07, 6.45) is 2.77. The molecule has 0 fully saturated rings. The van der Waals surface area contributed by atoms with Gasteiger partial charge in [0.2, 0.25) is 0 Å². The van der Waals surface area contributed by atoms with Crippen LogP contribution in [0.3, 0.4) is 0 Å². The Balaban J connectivity index is 2.53. The van der Waals surface area contributed by atoms with Crippen molar-refractivity contribution in [2.75, 3.05) is 0 Å². The Morgan fingerprint density at radius 1 is 1.47 bits per heavy atom. The van der Waals surface area contributed by atoms with Gasteiger partial charge in [0.15, 0.2) is 5.43 Å². The number of carboxylic acid groups (broad SMARTS) is 1. The fourth-order valence-corrected chi connectivity index (χ4v) is 2.73. The molecule has 3 rings (SSSR count). The molecule has 1 aliphatic rings. The molecule has 0 radical (unpaired) electrons. The van der Waals surface area contributed by atoms with Gasteiger partial charge >= 0.3 is 0 Å². The fraction of sp³-hybridized carbons (Fsp3) is 0.286. The number of hydrogen-bond donors (Lipinski definition) is 0. The van der Waals surface area contributed by atoms with E-state index in [1.807, 2.05) is 6.92 Å². The molecule has 0 unspecified atom stereocenters. The second kappa shape index (κ2) is 3.91. The molecule has 98 valence electrons. The first-order valence-corrected chi connectivity index (χ1v) is 6.07. The van der Waals surface area contributed by atoms with E-state index in [1.165, 1.54) is 12.3 Å². The van der Waals surface area contributed by atoms with Crippen LogP contribution >= 0.6 is 0 Å². The van der Waals surface area contributed by atoms with Gasteiger partial charge in [-0.2, -0.15) is 0 Å². The summed E-state index contributed by atoms with van der Waals surface area (Å²) in [7, 11) is 0. The highest BCUT2D eigenvalue weighted by Crippen LogP contribution is 2.30. The van der Waals surface area contributed by atoms with E-state index in [0.717, 1.165) is 18.1 Å². The van der Waals surface area contributed by atoms with Crippen molar-refractivity contribution < 1.29 is 14.3 Å². The molecule has 4 nitrogen and oxygen atoms in total. The molecule has 1 aromatic heterocycles. The van der Waals surface area contributed by atoms with Crippen LogP contribution in [-0.2, 0) is 6.42 Å². The summed E-state index contributed by atoms with van der Waals surface area (Å²) in [5, 5.41) is 11.1. The van der Waals surface area contributed by atoms with E-state index in [1.54, 1.807) is 4.57 Å². The van der Waals surface area contributed by atoms with Gasteiger partial charge < -0.3 is 14.5 Å². The number of carbonyl (C=O) groups excluding carboxylic acids is 1. The van der Waals surface area contributed by atoms with Crippen molar-refractivity contribution >= 4 is 16.9 Å². The highest BCUT2D eigenvalue weighted by atomic mass is 19.1. The average molecular weight is 260 g/mol. The van der Waals surface area contributed by atoms with Gasteiger partial charge in [-0.1, -0.05) is 0 Å². The van der Waals surface area contributed by atoms with Gasteiger partial charge in [0.05, 0.1) is 17.0 Å². The van der Waals surface area contributed by atoms with Gasteiger partial charge in [-0.3, -0.25) is 4.79 Å². The zero-order valence-corrected chi connectivity index (χ0v) is 10.3. The minimum atomic E-state index is -1.53. The van der Waals surface area contributed by atoms with Gasteiger partial charge in [0, 0.05) is 17.6 Å². The molecule has 2 heterocycles. The van der Waals surface area contributed by atoms with Crippen molar-refractivity contribution in [1.29, 1.82) is 0 Å². The van der Waals surface area contributed by atoms with Crippen molar-refractivity contribution in [2.24, 2.45) is 0 Å². The quantitative estimate of drug-likeness (QED) is 0.768. The van der Waals surface area contributed by atoms with Crippen molar-refractivity contribution in [3.05, 3.63) is 45.5 Å². The van der Waals surface area contributed by atoms with E-state index in [2.05, 4.69) is 0 Å². The lowest BCUT2D eigenvalue weighted by molar-refractivity contribution is -0.255. The Morgan fingerprint density at radius 2 is 2.21 bits per heavy atom. The van der Waals surface area contributed by atoms with E-state index < -0.39 is 22.8 Å². The Kier molecular flexibility index (Phi) is 2.45. The lowest BCUT2D eigenvalue weighted by Gasteiger charge is -2.27. The predicted octanol–water partition coefficient (Wildman–Crippen LogP) is 1.01. The molecule has 5 heteroatoms. The number of aromatic nitrogens is 1. The number of carbonyl (C=O) groups is 1. The Bertz CT molecular complexity index is 763. The average Bonchev–Trinajstić information content (AvgIpc) is 2.35. The zero-order chi connectivity index (χ0) is 13.7. The van der Waals surface area contributed by atoms with Crippen LogP contribution in [0.5, 0.6) is 0 Å². The number of carboxylic acids is 1. The third-order valence-electron chi connectivity index (χ3n) is 3.70. The first-order chi connectivity index (χ1) is 8.99. The van der Waals surface area contributed by atoms with Crippen molar-refractivity contribution in [3.8, 4) is 0 Å². The molecule has 0 aliphatic carbocycles. The molecule has 2 aromatic rings. The number of benzene rings is 1.